The van der Waals surface area contributed by atoms with Crippen molar-refractivity contribution >= 4 is 29.0 Å². The number of nitrogens with one attached hydrogen (secondary N) is 1. The number of aromatic nitrogens is 1. The normalized spacial score (nSPS) is 10.7. The van der Waals surface area contributed by atoms with Gasteiger partial charge in [-0.05, 0) is 30.7 Å². The highest BCUT2D eigenvalue weighted by Crippen LogP contribution is 2.25. The Morgan fingerprint density at radius 1 is 1.10 bits per heavy atom. The molecule has 150 valence electrons. The van der Waals surface area contributed by atoms with Gasteiger partial charge >= 0.3 is 0 Å². The minimum absolute atomic E-state index is 0.260. The van der Waals surface area contributed by atoms with Gasteiger partial charge in [0.25, 0.3) is 0 Å². The van der Waals surface area contributed by atoms with Crippen molar-refractivity contribution in [3.63, 3.8) is 0 Å². The van der Waals surface area contributed by atoms with E-state index in [4.69, 9.17) is 14.2 Å². The van der Waals surface area contributed by atoms with Gasteiger partial charge in [0.15, 0.2) is 0 Å². The molecule has 0 aliphatic carbocycles. The number of thiazole rings is 1. The zero-order chi connectivity index (χ0) is 20.6. The van der Waals surface area contributed by atoms with Crippen molar-refractivity contribution in [2.45, 2.75) is 13.5 Å². The zero-order valence-corrected chi connectivity index (χ0v) is 17.3. The Kier molecular flexibility index (Phi) is 6.86. The Balaban J connectivity index is 1.61. The average molecular weight is 410 g/mol. The van der Waals surface area contributed by atoms with E-state index in [-0.39, 0.29) is 5.91 Å². The minimum atomic E-state index is -0.260. The number of carbonyl (C=O) groups excluding carboxylic acids is 1. The number of methoxy groups -OCH3 is 2. The summed E-state index contributed by atoms with van der Waals surface area (Å²) in [5.74, 6) is 1.66. The van der Waals surface area contributed by atoms with Gasteiger partial charge in [0.2, 0.25) is 5.91 Å². The molecule has 0 radical (unpaired) electrons. The highest BCUT2D eigenvalue weighted by molar-refractivity contribution is 7.09. The molecule has 6 nitrogen and oxygen atoms in total. The van der Waals surface area contributed by atoms with E-state index in [0.717, 1.165) is 22.0 Å². The summed E-state index contributed by atoms with van der Waals surface area (Å²) in [6.45, 7) is 2.38. The highest BCUT2D eigenvalue weighted by Gasteiger charge is 2.05. The molecule has 3 aromatic rings. The Morgan fingerprint density at radius 2 is 1.86 bits per heavy atom. The summed E-state index contributed by atoms with van der Waals surface area (Å²) >= 11 is 1.60. The Morgan fingerprint density at radius 3 is 2.52 bits per heavy atom. The summed E-state index contributed by atoms with van der Waals surface area (Å²) in [4.78, 5) is 16.6. The molecule has 0 unspecified atom stereocenters. The molecule has 0 atom stereocenters. The summed E-state index contributed by atoms with van der Waals surface area (Å²) in [6, 6.07) is 12.7. The molecule has 0 fully saturated rings. The van der Waals surface area contributed by atoms with Crippen molar-refractivity contribution < 1.29 is 19.0 Å². The monoisotopic (exact) mass is 410 g/mol. The fourth-order valence-corrected chi connectivity index (χ4v) is 3.17. The van der Waals surface area contributed by atoms with Crippen LogP contribution in [0, 0.1) is 6.92 Å². The molecule has 0 aliphatic heterocycles. The summed E-state index contributed by atoms with van der Waals surface area (Å²) in [5.41, 5.74) is 2.35. The van der Waals surface area contributed by atoms with Crippen LogP contribution in [-0.2, 0) is 11.4 Å². The summed E-state index contributed by atoms with van der Waals surface area (Å²) in [7, 11) is 3.12. The minimum Gasteiger partial charge on any atom is -0.497 e. The van der Waals surface area contributed by atoms with Crippen molar-refractivity contribution in [3.8, 4) is 17.2 Å². The maximum atomic E-state index is 12.3. The quantitative estimate of drug-likeness (QED) is 0.545. The lowest BCUT2D eigenvalue weighted by molar-refractivity contribution is -0.111. The lowest BCUT2D eigenvalue weighted by Crippen LogP contribution is -2.08. The number of aryl methyl sites for hydroxylation is 1. The summed E-state index contributed by atoms with van der Waals surface area (Å²) in [6.07, 6.45) is 3.20. The van der Waals surface area contributed by atoms with Crippen LogP contribution in [0.5, 0.6) is 17.2 Å². The van der Waals surface area contributed by atoms with E-state index in [2.05, 4.69) is 10.3 Å². The number of hydrogen-bond acceptors (Lipinski definition) is 6. The molecule has 1 aromatic heterocycles. The third-order valence-electron chi connectivity index (χ3n) is 3.96. The van der Waals surface area contributed by atoms with Crippen molar-refractivity contribution in [3.05, 3.63) is 70.2 Å². The average Bonchev–Trinajstić information content (AvgIpc) is 3.16. The second-order valence-electron chi connectivity index (χ2n) is 6.14. The van der Waals surface area contributed by atoms with Crippen molar-refractivity contribution in [2.75, 3.05) is 19.5 Å². The van der Waals surface area contributed by atoms with Gasteiger partial charge in [-0.1, -0.05) is 12.1 Å². The summed E-state index contributed by atoms with van der Waals surface area (Å²) < 4.78 is 16.2. The fourth-order valence-electron chi connectivity index (χ4n) is 2.58. The molecule has 0 bridgehead atoms. The predicted molar refractivity (Wildman–Crippen MR) is 115 cm³/mol. The summed E-state index contributed by atoms with van der Waals surface area (Å²) in [5, 5.41) is 5.80. The van der Waals surface area contributed by atoms with Crippen LogP contribution in [0.25, 0.3) is 6.08 Å². The third kappa shape index (κ3) is 6.08. The van der Waals surface area contributed by atoms with Gasteiger partial charge in [0.05, 0.1) is 24.9 Å². The molecule has 7 heteroatoms. The second kappa shape index (κ2) is 9.75. The van der Waals surface area contributed by atoms with Crippen LogP contribution < -0.4 is 19.5 Å². The van der Waals surface area contributed by atoms with E-state index in [1.54, 1.807) is 49.8 Å². The van der Waals surface area contributed by atoms with E-state index >= 15 is 0 Å². The van der Waals surface area contributed by atoms with Crippen molar-refractivity contribution in [2.24, 2.45) is 0 Å². The van der Waals surface area contributed by atoms with Crippen molar-refractivity contribution in [1.82, 2.24) is 4.98 Å². The van der Waals surface area contributed by atoms with Crippen molar-refractivity contribution in [1.29, 1.82) is 0 Å². The van der Waals surface area contributed by atoms with E-state index in [1.807, 2.05) is 36.6 Å². The number of hydrogen-bond donors (Lipinski definition) is 1. The Labute approximate surface area is 173 Å². The van der Waals surface area contributed by atoms with E-state index in [9.17, 15) is 4.79 Å². The molecule has 0 spiro atoms. The first-order valence-electron chi connectivity index (χ1n) is 8.92. The van der Waals surface area contributed by atoms with Gasteiger partial charge in [-0.25, -0.2) is 4.98 Å². The van der Waals surface area contributed by atoms with Gasteiger partial charge < -0.3 is 19.5 Å². The Bertz CT molecular complexity index is 991. The number of benzene rings is 2. The maximum Gasteiger partial charge on any atom is 0.248 e. The standard InChI is InChI=1S/C22H22N2O4S/c1-15-23-18(14-29-15)13-28-19-6-4-5-16(9-19)7-8-22(25)24-17-10-20(26-2)12-21(11-17)27-3/h4-12,14H,13H2,1-3H3,(H,24,25). The first-order chi connectivity index (χ1) is 14.1. The number of rotatable bonds is 8. The van der Waals surface area contributed by atoms with Crippen LogP contribution in [0.2, 0.25) is 0 Å². The van der Waals surface area contributed by atoms with Gasteiger partial charge in [0, 0.05) is 35.3 Å². The van der Waals surface area contributed by atoms with Crippen LogP contribution >= 0.6 is 11.3 Å². The molecule has 1 amide bonds. The van der Waals surface area contributed by atoms with E-state index < -0.39 is 0 Å². The van der Waals surface area contributed by atoms with E-state index in [1.165, 1.54) is 6.08 Å². The molecular weight excluding hydrogens is 388 g/mol. The Hall–Kier alpha value is -3.32. The van der Waals surface area contributed by atoms with Gasteiger partial charge in [-0.2, -0.15) is 0 Å². The fraction of sp³-hybridized carbons (Fsp3) is 0.182. The highest BCUT2D eigenvalue weighted by atomic mass is 32.1. The number of nitrogens with zero attached hydrogens (tertiary/aromatic N) is 1. The predicted octanol–water partition coefficient (Wildman–Crippen LogP) is 4.70. The lowest BCUT2D eigenvalue weighted by Gasteiger charge is -2.08. The number of carbonyl (C=O) groups is 1. The van der Waals surface area contributed by atoms with E-state index in [0.29, 0.717) is 23.8 Å². The second-order valence-corrected chi connectivity index (χ2v) is 7.21. The molecule has 0 aliphatic rings. The topological polar surface area (TPSA) is 69.7 Å². The smallest absolute Gasteiger partial charge is 0.248 e. The number of anilines is 1. The van der Waals surface area contributed by atoms with Gasteiger partial charge in [0.1, 0.15) is 23.9 Å². The SMILES string of the molecule is COc1cc(NC(=O)C=Cc2cccc(OCc3csc(C)n3)c2)cc(OC)c1. The molecular formula is C22H22N2O4S. The van der Waals surface area contributed by atoms with Gasteiger partial charge in [-0.15, -0.1) is 11.3 Å². The molecule has 0 saturated heterocycles. The van der Waals surface area contributed by atoms with Gasteiger partial charge in [-0.3, -0.25) is 4.79 Å². The third-order valence-corrected chi connectivity index (χ3v) is 4.78. The van der Waals surface area contributed by atoms with Crippen LogP contribution in [0.4, 0.5) is 5.69 Å². The maximum absolute atomic E-state index is 12.3. The lowest BCUT2D eigenvalue weighted by atomic mass is 10.2. The van der Waals surface area contributed by atoms with Crippen LogP contribution in [0.3, 0.4) is 0 Å². The molecule has 1 N–H and O–H groups in total. The number of ether oxygens (including phenoxy) is 3. The molecule has 29 heavy (non-hydrogen) atoms. The molecule has 3 rings (SSSR count). The van der Waals surface area contributed by atoms with Crippen LogP contribution in [-0.4, -0.2) is 25.1 Å². The molecule has 2 aromatic carbocycles. The number of amides is 1. The van der Waals surface area contributed by atoms with Crippen LogP contribution in [0.1, 0.15) is 16.3 Å². The largest absolute Gasteiger partial charge is 0.497 e. The van der Waals surface area contributed by atoms with Crippen LogP contribution in [0.15, 0.2) is 53.9 Å². The first-order valence-corrected chi connectivity index (χ1v) is 9.79. The molecule has 1 heterocycles. The molecule has 0 saturated carbocycles. The zero-order valence-electron chi connectivity index (χ0n) is 16.5. The first kappa shape index (κ1) is 20.4.